The van der Waals surface area contributed by atoms with Crippen LogP contribution in [0, 0.1) is 6.92 Å². The van der Waals surface area contributed by atoms with Crippen molar-refractivity contribution in [3.63, 3.8) is 0 Å². The third-order valence-corrected chi connectivity index (χ3v) is 3.74. The molecule has 3 N–H and O–H groups in total. The Bertz CT molecular complexity index is 824. The van der Waals surface area contributed by atoms with Gasteiger partial charge in [-0.2, -0.15) is 0 Å². The average molecular weight is 288 g/mol. The summed E-state index contributed by atoms with van der Waals surface area (Å²) in [5.41, 5.74) is 4.34. The smallest absolute Gasteiger partial charge is 0.272 e. The van der Waals surface area contributed by atoms with Crippen molar-refractivity contribution in [2.45, 2.75) is 13.5 Å². The molecule has 0 radical (unpaired) electrons. The molecular weight excluding hydrogens is 276 g/mol. The molecule has 102 valence electrons. The fourth-order valence-corrected chi connectivity index (χ4v) is 2.63. The zero-order valence-electron chi connectivity index (χ0n) is 10.7. The summed E-state index contributed by atoms with van der Waals surface area (Å²) >= 11 is 1.31. The van der Waals surface area contributed by atoms with Gasteiger partial charge in [0.05, 0.1) is 17.6 Å². The molecule has 3 rings (SSSR count). The Morgan fingerprint density at radius 3 is 2.90 bits per heavy atom. The van der Waals surface area contributed by atoms with Crippen molar-refractivity contribution in [3.05, 3.63) is 45.3 Å². The first-order valence-electron chi connectivity index (χ1n) is 5.94. The molecule has 2 aromatic heterocycles. The molecule has 0 spiro atoms. The molecular formula is C12H12N6OS. The quantitative estimate of drug-likeness (QED) is 0.548. The normalized spacial score (nSPS) is 10.9. The summed E-state index contributed by atoms with van der Waals surface area (Å²) in [6.07, 6.45) is 0. The molecule has 0 aliphatic rings. The van der Waals surface area contributed by atoms with Crippen LogP contribution in [0.1, 0.15) is 10.7 Å². The summed E-state index contributed by atoms with van der Waals surface area (Å²) in [6.45, 7) is 2.06. The van der Waals surface area contributed by atoms with Gasteiger partial charge in [0.25, 0.3) is 5.56 Å². The number of para-hydroxylation sites is 2. The van der Waals surface area contributed by atoms with Crippen molar-refractivity contribution < 1.29 is 0 Å². The molecule has 0 bridgehead atoms. The van der Waals surface area contributed by atoms with Gasteiger partial charge >= 0.3 is 0 Å². The van der Waals surface area contributed by atoms with Crippen LogP contribution in [0.2, 0.25) is 0 Å². The van der Waals surface area contributed by atoms with Gasteiger partial charge < -0.3 is 0 Å². The monoisotopic (exact) mass is 288 g/mol. The lowest BCUT2D eigenvalue weighted by Crippen LogP contribution is -2.24. The van der Waals surface area contributed by atoms with Gasteiger partial charge in [-0.1, -0.05) is 23.5 Å². The highest BCUT2D eigenvalue weighted by Gasteiger charge is 2.10. The molecule has 0 fully saturated rings. The first-order valence-corrected chi connectivity index (χ1v) is 6.76. The molecule has 3 aromatic rings. The highest BCUT2D eigenvalue weighted by molar-refractivity contribution is 7.15. The second kappa shape index (κ2) is 4.99. The average Bonchev–Trinajstić information content (AvgIpc) is 2.91. The Labute approximate surface area is 118 Å². The third-order valence-electron chi connectivity index (χ3n) is 2.90. The van der Waals surface area contributed by atoms with Gasteiger partial charge in [-0.25, -0.2) is 10.8 Å². The van der Waals surface area contributed by atoms with Gasteiger partial charge in [-0.15, -0.1) is 10.2 Å². The van der Waals surface area contributed by atoms with E-state index in [1.807, 2.05) is 24.3 Å². The zero-order valence-corrected chi connectivity index (χ0v) is 11.5. The number of nitrogens with zero attached hydrogens (tertiary/aromatic N) is 4. The van der Waals surface area contributed by atoms with Gasteiger partial charge in [0, 0.05) is 0 Å². The van der Waals surface area contributed by atoms with Gasteiger partial charge in [-0.3, -0.25) is 14.8 Å². The highest BCUT2D eigenvalue weighted by Crippen LogP contribution is 2.16. The van der Waals surface area contributed by atoms with E-state index < -0.39 is 0 Å². The van der Waals surface area contributed by atoms with Crippen molar-refractivity contribution in [1.29, 1.82) is 0 Å². The molecule has 20 heavy (non-hydrogen) atoms. The Morgan fingerprint density at radius 1 is 1.35 bits per heavy atom. The number of hydrazine groups is 1. The molecule has 1 aromatic carbocycles. The van der Waals surface area contributed by atoms with Crippen molar-refractivity contribution in [3.8, 4) is 0 Å². The topological polar surface area (TPSA) is 98.7 Å². The van der Waals surface area contributed by atoms with Crippen LogP contribution in [0.15, 0.2) is 29.1 Å². The van der Waals surface area contributed by atoms with E-state index in [0.717, 1.165) is 11.0 Å². The van der Waals surface area contributed by atoms with Crippen LogP contribution in [0.25, 0.3) is 11.0 Å². The van der Waals surface area contributed by atoms with Crippen molar-refractivity contribution >= 4 is 27.5 Å². The second-order valence-corrected chi connectivity index (χ2v) is 5.28. The summed E-state index contributed by atoms with van der Waals surface area (Å²) in [7, 11) is 0. The van der Waals surface area contributed by atoms with E-state index in [0.29, 0.717) is 22.4 Å². The Morgan fingerprint density at radius 2 is 2.15 bits per heavy atom. The molecule has 8 heteroatoms. The number of aryl methyl sites for hydroxylation is 1. The molecule has 0 atom stereocenters. The van der Waals surface area contributed by atoms with E-state index in [-0.39, 0.29) is 5.56 Å². The summed E-state index contributed by atoms with van der Waals surface area (Å²) in [6, 6.07) is 7.52. The summed E-state index contributed by atoms with van der Waals surface area (Å²) in [5, 5.41) is 9.09. The number of fused-ring (bicyclic) bond motifs is 1. The molecule has 0 saturated heterocycles. The fraction of sp³-hybridized carbons (Fsp3) is 0.167. The number of nitrogens with two attached hydrogens (primary N) is 1. The number of benzene rings is 1. The molecule has 2 heterocycles. The van der Waals surface area contributed by atoms with Gasteiger partial charge in [0.15, 0.2) is 0 Å². The Balaban J connectivity index is 2.14. The van der Waals surface area contributed by atoms with Crippen molar-refractivity contribution in [2.75, 3.05) is 5.43 Å². The summed E-state index contributed by atoms with van der Waals surface area (Å²) < 4.78 is 1.65. The van der Waals surface area contributed by atoms with E-state index in [9.17, 15) is 4.79 Å². The Hall–Kier alpha value is -2.32. The molecule has 0 aliphatic carbocycles. The maximum atomic E-state index is 12.3. The zero-order chi connectivity index (χ0) is 14.1. The lowest BCUT2D eigenvalue weighted by atomic mass is 10.3. The molecule has 0 unspecified atom stereocenters. The number of nitrogens with one attached hydrogen (secondary N) is 1. The fourth-order valence-electron chi connectivity index (χ4n) is 1.99. The van der Waals surface area contributed by atoms with Crippen molar-refractivity contribution in [2.24, 2.45) is 5.84 Å². The Kier molecular flexibility index (Phi) is 3.17. The third kappa shape index (κ3) is 2.15. The first-order chi connectivity index (χ1) is 9.69. The van der Waals surface area contributed by atoms with Crippen molar-refractivity contribution in [1.82, 2.24) is 19.7 Å². The minimum atomic E-state index is -0.124. The van der Waals surface area contributed by atoms with Gasteiger partial charge in [0.2, 0.25) is 5.13 Å². The summed E-state index contributed by atoms with van der Waals surface area (Å²) in [5.74, 6) is 5.28. The maximum absolute atomic E-state index is 12.3. The number of hydrogen-bond donors (Lipinski definition) is 2. The predicted molar refractivity (Wildman–Crippen MR) is 77.6 cm³/mol. The predicted octanol–water partition coefficient (Wildman–Crippen LogP) is 0.890. The van der Waals surface area contributed by atoms with Gasteiger partial charge in [-0.05, 0) is 19.1 Å². The lowest BCUT2D eigenvalue weighted by molar-refractivity contribution is 0.760. The van der Waals surface area contributed by atoms with E-state index >= 15 is 0 Å². The first kappa shape index (κ1) is 12.7. The number of aromatic nitrogens is 4. The van der Waals surface area contributed by atoms with E-state index in [1.165, 1.54) is 11.3 Å². The number of nitrogen functional groups attached to an aromatic ring is 1. The van der Waals surface area contributed by atoms with Crippen LogP contribution < -0.4 is 16.8 Å². The number of hydrogen-bond acceptors (Lipinski definition) is 7. The lowest BCUT2D eigenvalue weighted by Gasteiger charge is -2.08. The number of anilines is 1. The largest absolute Gasteiger partial charge is 0.298 e. The second-order valence-electron chi connectivity index (χ2n) is 4.22. The summed E-state index contributed by atoms with van der Waals surface area (Å²) in [4.78, 5) is 16.6. The highest BCUT2D eigenvalue weighted by atomic mass is 32.1. The van der Waals surface area contributed by atoms with Crippen LogP contribution in [0.4, 0.5) is 5.13 Å². The number of rotatable bonds is 3. The van der Waals surface area contributed by atoms with Crippen LogP contribution in [-0.2, 0) is 6.54 Å². The molecule has 0 aliphatic heterocycles. The van der Waals surface area contributed by atoms with Crippen LogP contribution in [-0.4, -0.2) is 19.7 Å². The van der Waals surface area contributed by atoms with E-state index in [1.54, 1.807) is 11.5 Å². The standard InChI is InChI=1S/C12H12N6OS/c1-7-11(19)18(6-10-16-17-12(15-13)20-10)9-5-3-2-4-8(9)14-7/h2-5H,6,13H2,1H3,(H,15,17). The molecule has 7 nitrogen and oxygen atoms in total. The van der Waals surface area contributed by atoms with Crippen LogP contribution >= 0.6 is 11.3 Å². The maximum Gasteiger partial charge on any atom is 0.272 e. The minimum absolute atomic E-state index is 0.124. The van der Waals surface area contributed by atoms with E-state index in [2.05, 4.69) is 20.6 Å². The van der Waals surface area contributed by atoms with Crippen LogP contribution in [0.3, 0.4) is 0 Å². The SMILES string of the molecule is Cc1nc2ccccc2n(Cc2nnc(NN)s2)c1=O. The molecule has 0 saturated carbocycles. The van der Waals surface area contributed by atoms with E-state index in [4.69, 9.17) is 5.84 Å². The van der Waals surface area contributed by atoms with Gasteiger partial charge in [0.1, 0.15) is 10.7 Å². The minimum Gasteiger partial charge on any atom is -0.298 e. The van der Waals surface area contributed by atoms with Crippen LogP contribution in [0.5, 0.6) is 0 Å². The molecule has 0 amide bonds.